The predicted molar refractivity (Wildman–Crippen MR) is 53.8 cm³/mol. The molecule has 2 rings (SSSR count). The lowest BCUT2D eigenvalue weighted by Gasteiger charge is -2.06. The van der Waals surface area contributed by atoms with Crippen LogP contribution in [0.4, 0.5) is 0 Å². The quantitative estimate of drug-likeness (QED) is 0.541. The van der Waals surface area contributed by atoms with Crippen molar-refractivity contribution in [3.63, 3.8) is 0 Å². The van der Waals surface area contributed by atoms with Crippen molar-refractivity contribution >= 4 is 5.97 Å². The van der Waals surface area contributed by atoms with Crippen LogP contribution in [0.25, 0.3) is 0 Å². The van der Waals surface area contributed by atoms with Crippen molar-refractivity contribution < 1.29 is 9.53 Å². The van der Waals surface area contributed by atoms with Crippen LogP contribution in [-0.4, -0.2) is 25.7 Å². The normalized spacial score (nSPS) is 39.9. The van der Waals surface area contributed by atoms with Gasteiger partial charge >= 0.3 is 5.97 Å². The summed E-state index contributed by atoms with van der Waals surface area (Å²) in [6.07, 6.45) is 4.82. The van der Waals surface area contributed by atoms with Crippen LogP contribution in [0.3, 0.4) is 0 Å². The predicted octanol–water partition coefficient (Wildman–Crippen LogP) is 1.11. The highest BCUT2D eigenvalue weighted by Crippen LogP contribution is 2.66. The van der Waals surface area contributed by atoms with Crippen molar-refractivity contribution in [3.05, 3.63) is 12.2 Å². The maximum atomic E-state index is 11.1. The van der Waals surface area contributed by atoms with Gasteiger partial charge in [-0.25, -0.2) is 4.79 Å². The number of hydrogen-bond donors (Lipinski definition) is 1. The number of piperidine rings is 1. The molecule has 3 nitrogen and oxygen atoms in total. The lowest BCUT2D eigenvalue weighted by atomic mass is 9.98. The lowest BCUT2D eigenvalue weighted by Crippen LogP contribution is -2.15. The fourth-order valence-corrected chi connectivity index (χ4v) is 2.46. The second-order valence-electron chi connectivity index (χ2n) is 4.58. The standard InChI is InChI=1S/C11H17NO2/c1-3-14-9(13)4-5-11-6-10(11,2)7-12-8-11/h4-5,12H,3,6-8H2,1-2H3/b5-4+. The van der Waals surface area contributed by atoms with Gasteiger partial charge in [-0.2, -0.15) is 0 Å². The average Bonchev–Trinajstić information content (AvgIpc) is 2.58. The van der Waals surface area contributed by atoms with E-state index in [0.717, 1.165) is 13.1 Å². The van der Waals surface area contributed by atoms with Gasteiger partial charge in [0.2, 0.25) is 0 Å². The minimum Gasteiger partial charge on any atom is -0.463 e. The molecule has 0 aromatic heterocycles. The largest absolute Gasteiger partial charge is 0.463 e. The highest BCUT2D eigenvalue weighted by atomic mass is 16.5. The Kier molecular flexibility index (Phi) is 2.14. The molecule has 1 N–H and O–H groups in total. The van der Waals surface area contributed by atoms with Gasteiger partial charge in [-0.3, -0.25) is 0 Å². The van der Waals surface area contributed by atoms with E-state index < -0.39 is 0 Å². The Balaban J connectivity index is 1.95. The molecule has 0 bridgehead atoms. The highest BCUT2D eigenvalue weighted by molar-refractivity contribution is 5.82. The van der Waals surface area contributed by atoms with Gasteiger partial charge in [-0.1, -0.05) is 13.0 Å². The third-order valence-corrected chi connectivity index (χ3v) is 3.56. The van der Waals surface area contributed by atoms with Crippen molar-refractivity contribution in [2.45, 2.75) is 20.3 Å². The Labute approximate surface area is 84.5 Å². The Morgan fingerprint density at radius 2 is 2.36 bits per heavy atom. The molecule has 3 heteroatoms. The summed E-state index contributed by atoms with van der Waals surface area (Å²) in [4.78, 5) is 11.1. The molecule has 0 radical (unpaired) electrons. The molecule has 1 aliphatic heterocycles. The Hall–Kier alpha value is -0.830. The van der Waals surface area contributed by atoms with Crippen LogP contribution in [0.15, 0.2) is 12.2 Å². The van der Waals surface area contributed by atoms with Crippen LogP contribution in [0, 0.1) is 10.8 Å². The lowest BCUT2D eigenvalue weighted by molar-refractivity contribution is -0.137. The summed E-state index contributed by atoms with van der Waals surface area (Å²) in [7, 11) is 0. The minimum absolute atomic E-state index is 0.219. The van der Waals surface area contributed by atoms with E-state index in [1.165, 1.54) is 6.42 Å². The van der Waals surface area contributed by atoms with Crippen LogP contribution in [0.5, 0.6) is 0 Å². The van der Waals surface area contributed by atoms with E-state index in [-0.39, 0.29) is 11.4 Å². The summed E-state index contributed by atoms with van der Waals surface area (Å²) in [6.45, 7) is 6.61. The first-order valence-electron chi connectivity index (χ1n) is 5.19. The molecule has 2 fully saturated rings. The zero-order chi connectivity index (χ0) is 10.2. The van der Waals surface area contributed by atoms with Gasteiger partial charge in [0.25, 0.3) is 0 Å². The van der Waals surface area contributed by atoms with Gasteiger partial charge in [0.1, 0.15) is 0 Å². The molecular formula is C11H17NO2. The van der Waals surface area contributed by atoms with Gasteiger partial charge in [-0.05, 0) is 18.8 Å². The molecule has 1 heterocycles. The third-order valence-electron chi connectivity index (χ3n) is 3.56. The monoisotopic (exact) mass is 195 g/mol. The number of carbonyl (C=O) groups excluding carboxylic acids is 1. The van der Waals surface area contributed by atoms with Gasteiger partial charge in [0.05, 0.1) is 6.61 Å². The average molecular weight is 195 g/mol. The van der Waals surface area contributed by atoms with Crippen LogP contribution < -0.4 is 5.32 Å². The summed E-state index contributed by atoms with van der Waals surface area (Å²) in [5, 5.41) is 3.36. The summed E-state index contributed by atoms with van der Waals surface area (Å²) in [6, 6.07) is 0. The molecule has 2 atom stereocenters. The number of nitrogens with one attached hydrogen (secondary N) is 1. The van der Waals surface area contributed by atoms with Crippen molar-refractivity contribution in [3.8, 4) is 0 Å². The smallest absolute Gasteiger partial charge is 0.330 e. The minimum atomic E-state index is -0.219. The fourth-order valence-electron chi connectivity index (χ4n) is 2.46. The van der Waals surface area contributed by atoms with E-state index in [1.54, 1.807) is 6.08 Å². The molecule has 0 aromatic rings. The molecule has 0 spiro atoms. The number of ether oxygens (including phenoxy) is 1. The van der Waals surface area contributed by atoms with Crippen molar-refractivity contribution in [2.75, 3.05) is 19.7 Å². The Morgan fingerprint density at radius 3 is 2.86 bits per heavy atom. The second-order valence-corrected chi connectivity index (χ2v) is 4.58. The van der Waals surface area contributed by atoms with Crippen LogP contribution >= 0.6 is 0 Å². The number of esters is 1. The molecule has 1 saturated carbocycles. The number of rotatable bonds is 3. The van der Waals surface area contributed by atoms with E-state index in [2.05, 4.69) is 12.2 Å². The fraction of sp³-hybridized carbons (Fsp3) is 0.727. The zero-order valence-corrected chi connectivity index (χ0v) is 8.80. The summed E-state index contributed by atoms with van der Waals surface area (Å²) in [5.74, 6) is -0.219. The Morgan fingerprint density at radius 1 is 1.57 bits per heavy atom. The number of hydrogen-bond acceptors (Lipinski definition) is 3. The van der Waals surface area contributed by atoms with E-state index in [4.69, 9.17) is 4.74 Å². The van der Waals surface area contributed by atoms with Gasteiger partial charge in [0.15, 0.2) is 0 Å². The van der Waals surface area contributed by atoms with E-state index in [1.807, 2.05) is 13.0 Å². The second kappa shape index (κ2) is 3.09. The molecule has 1 saturated heterocycles. The third kappa shape index (κ3) is 1.36. The van der Waals surface area contributed by atoms with E-state index >= 15 is 0 Å². The van der Waals surface area contributed by atoms with Crippen molar-refractivity contribution in [1.29, 1.82) is 0 Å². The van der Waals surface area contributed by atoms with Crippen LogP contribution in [-0.2, 0) is 9.53 Å². The van der Waals surface area contributed by atoms with Gasteiger partial charge in [-0.15, -0.1) is 0 Å². The number of fused-ring (bicyclic) bond motifs is 1. The van der Waals surface area contributed by atoms with Crippen LogP contribution in [0.1, 0.15) is 20.3 Å². The molecule has 0 amide bonds. The molecular weight excluding hydrogens is 178 g/mol. The molecule has 14 heavy (non-hydrogen) atoms. The maximum Gasteiger partial charge on any atom is 0.330 e. The summed E-state index contributed by atoms with van der Waals surface area (Å²) >= 11 is 0. The number of carbonyl (C=O) groups is 1. The summed E-state index contributed by atoms with van der Waals surface area (Å²) < 4.78 is 4.85. The van der Waals surface area contributed by atoms with Crippen molar-refractivity contribution in [1.82, 2.24) is 5.32 Å². The zero-order valence-electron chi connectivity index (χ0n) is 8.80. The van der Waals surface area contributed by atoms with Gasteiger partial charge < -0.3 is 10.1 Å². The Bertz CT molecular complexity index is 283. The molecule has 2 unspecified atom stereocenters. The molecule has 2 aliphatic rings. The first kappa shape index (κ1) is 9.71. The topological polar surface area (TPSA) is 38.3 Å². The first-order chi connectivity index (χ1) is 6.62. The molecule has 0 aromatic carbocycles. The van der Waals surface area contributed by atoms with Crippen LogP contribution in [0.2, 0.25) is 0 Å². The van der Waals surface area contributed by atoms with Crippen molar-refractivity contribution in [2.24, 2.45) is 10.8 Å². The van der Waals surface area contributed by atoms with E-state index in [9.17, 15) is 4.79 Å². The van der Waals surface area contributed by atoms with Gasteiger partial charge in [0, 0.05) is 24.6 Å². The molecule has 1 aliphatic carbocycles. The maximum absolute atomic E-state index is 11.1. The van der Waals surface area contributed by atoms with E-state index in [0.29, 0.717) is 12.0 Å². The SMILES string of the molecule is CCOC(=O)/C=C/C12CNCC1(C)C2. The highest BCUT2D eigenvalue weighted by Gasteiger charge is 2.65. The molecule has 78 valence electrons. The summed E-state index contributed by atoms with van der Waals surface area (Å²) in [5.41, 5.74) is 0.621. The first-order valence-corrected chi connectivity index (χ1v) is 5.19.